The lowest BCUT2D eigenvalue weighted by molar-refractivity contribution is -0.145. The lowest BCUT2D eigenvalue weighted by Crippen LogP contribution is -2.59. The number of likely N-dealkylation sites (tertiary alicyclic amines) is 2. The first-order valence-corrected chi connectivity index (χ1v) is 35.5. The third kappa shape index (κ3) is 14.1. The Bertz CT molecular complexity index is 3960. The number of benzene rings is 3. The van der Waals surface area contributed by atoms with Gasteiger partial charge >= 0.3 is 10.2 Å². The van der Waals surface area contributed by atoms with Crippen LogP contribution in [0.25, 0.3) is 31.8 Å². The Morgan fingerprint density at radius 3 is 2.26 bits per heavy atom. The van der Waals surface area contributed by atoms with Gasteiger partial charge in [0.15, 0.2) is 5.13 Å². The molecule has 4 atom stereocenters. The summed E-state index contributed by atoms with van der Waals surface area (Å²) in [5.41, 5.74) is 9.11. The summed E-state index contributed by atoms with van der Waals surface area (Å²) in [6.45, 7) is 14.6. The highest BCUT2D eigenvalue weighted by atomic mass is 32.2. The summed E-state index contributed by atoms with van der Waals surface area (Å²) in [5, 5.41) is 25.3. The first kappa shape index (κ1) is 64.6. The zero-order valence-electron chi connectivity index (χ0n) is 53.2. The Balaban J connectivity index is 0.675. The number of nitrogens with one attached hydrogen (secondary N) is 4. The van der Waals surface area contributed by atoms with Gasteiger partial charge in [-0.1, -0.05) is 99.9 Å². The predicted molar refractivity (Wildman–Crippen MR) is 357 cm³/mol. The van der Waals surface area contributed by atoms with Gasteiger partial charge in [-0.3, -0.25) is 34.0 Å². The van der Waals surface area contributed by atoms with Crippen molar-refractivity contribution in [1.29, 1.82) is 0 Å². The molecule has 7 aromatic rings. The fourth-order valence-corrected chi connectivity index (χ4v) is 16.9. The van der Waals surface area contributed by atoms with Crippen LogP contribution >= 0.6 is 22.7 Å². The first-order chi connectivity index (χ1) is 44.1. The number of aliphatic hydroxyl groups excluding tert-OH is 1. The number of hydrogen-bond donors (Lipinski definition) is 5. The average Bonchev–Trinajstić information content (AvgIpc) is 1.36. The van der Waals surface area contributed by atoms with Crippen LogP contribution in [0.15, 0.2) is 90.6 Å². The topological polar surface area (TPSA) is 257 Å². The number of para-hydroxylation sites is 1. The second kappa shape index (κ2) is 27.2. The molecule has 12 rings (SSSR count). The number of aromatic nitrogens is 5. The summed E-state index contributed by atoms with van der Waals surface area (Å²) in [4.78, 5) is 92.2. The number of nitrogens with zero attached hydrogens (tertiary/aromatic N) is 9. The van der Waals surface area contributed by atoms with E-state index in [2.05, 4.69) is 35.5 Å². The van der Waals surface area contributed by atoms with Crippen LogP contribution in [0.5, 0.6) is 0 Å². The highest BCUT2D eigenvalue weighted by Gasteiger charge is 2.46. The Morgan fingerprint density at radius 2 is 1.54 bits per heavy atom. The predicted octanol–water partition coefficient (Wildman–Crippen LogP) is 9.21. The molecule has 486 valence electrons. The van der Waals surface area contributed by atoms with Gasteiger partial charge in [-0.15, -0.1) is 11.3 Å². The lowest BCUT2D eigenvalue weighted by Gasteiger charge is -2.41. The van der Waals surface area contributed by atoms with Crippen molar-refractivity contribution in [1.82, 2.24) is 54.2 Å². The number of thiazole rings is 2. The van der Waals surface area contributed by atoms with E-state index in [-0.39, 0.29) is 67.5 Å². The van der Waals surface area contributed by atoms with E-state index in [0.29, 0.717) is 91.8 Å². The van der Waals surface area contributed by atoms with E-state index >= 15 is 0 Å². The van der Waals surface area contributed by atoms with Crippen LogP contribution in [0.4, 0.5) is 10.9 Å². The fourth-order valence-electron chi connectivity index (χ4n) is 14.1. The summed E-state index contributed by atoms with van der Waals surface area (Å²) >= 11 is 2.98. The van der Waals surface area contributed by atoms with E-state index < -0.39 is 45.6 Å². The van der Waals surface area contributed by atoms with E-state index in [1.54, 1.807) is 23.6 Å². The van der Waals surface area contributed by atoms with E-state index in [4.69, 9.17) is 10.1 Å². The monoisotopic (exact) mass is 1310 g/mol. The number of piperidine rings is 2. The Labute approximate surface area is 546 Å². The van der Waals surface area contributed by atoms with Crippen LogP contribution in [0, 0.1) is 31.1 Å². The minimum Gasteiger partial charge on any atom is -0.391 e. The lowest BCUT2D eigenvalue weighted by atomic mass is 9.84. The molecule has 5 amide bonds. The van der Waals surface area contributed by atoms with Gasteiger partial charge in [0.1, 0.15) is 23.6 Å². The minimum atomic E-state index is -4.36. The van der Waals surface area contributed by atoms with Crippen LogP contribution in [0.2, 0.25) is 0 Å². The van der Waals surface area contributed by atoms with Crippen molar-refractivity contribution in [3.05, 3.63) is 130 Å². The molecule has 92 heavy (non-hydrogen) atoms. The van der Waals surface area contributed by atoms with E-state index in [0.717, 1.165) is 68.1 Å². The molecule has 0 radical (unpaired) electrons. The number of hydrogen-bond acceptors (Lipinski definition) is 16. The van der Waals surface area contributed by atoms with Gasteiger partial charge in [-0.05, 0) is 143 Å². The van der Waals surface area contributed by atoms with Gasteiger partial charge in [0, 0.05) is 80.0 Å². The molecular formula is C68H83N13O8S3. The molecule has 21 nitrogen and oxygen atoms in total. The molecular weight excluding hydrogens is 1220 g/mol. The zero-order valence-corrected chi connectivity index (χ0v) is 55.6. The molecule has 0 spiro atoms. The highest BCUT2D eigenvalue weighted by molar-refractivity contribution is 7.87. The Kier molecular flexibility index (Phi) is 19.1. The van der Waals surface area contributed by atoms with Gasteiger partial charge < -0.3 is 30.4 Å². The number of aliphatic hydroxyl groups is 1. The van der Waals surface area contributed by atoms with Crippen LogP contribution in [0.1, 0.15) is 147 Å². The summed E-state index contributed by atoms with van der Waals surface area (Å²) < 4.78 is 35.5. The molecule has 5 N–H and O–H groups in total. The van der Waals surface area contributed by atoms with Gasteiger partial charge in [-0.2, -0.15) is 17.8 Å². The largest absolute Gasteiger partial charge is 0.391 e. The number of aryl methyl sites for hydroxylation is 1. The first-order valence-electron chi connectivity index (χ1n) is 32.4. The molecule has 0 unspecified atom stereocenters. The maximum Gasteiger partial charge on any atom is 0.304 e. The third-order valence-corrected chi connectivity index (χ3v) is 22.9. The van der Waals surface area contributed by atoms with Crippen molar-refractivity contribution < 1.29 is 37.5 Å². The van der Waals surface area contributed by atoms with Crippen molar-refractivity contribution in [2.75, 3.05) is 49.5 Å². The van der Waals surface area contributed by atoms with Gasteiger partial charge in [0.25, 0.3) is 11.8 Å². The second-order valence-corrected chi connectivity index (χ2v) is 30.2. The number of anilines is 2. The molecule has 3 saturated heterocycles. The van der Waals surface area contributed by atoms with Crippen LogP contribution < -0.4 is 25.6 Å². The maximum atomic E-state index is 14.8. The number of carbonyl (C=O) groups is 5. The summed E-state index contributed by atoms with van der Waals surface area (Å²) in [7, 11) is -4.36. The molecule has 4 aromatic heterocycles. The molecule has 1 aliphatic carbocycles. The van der Waals surface area contributed by atoms with E-state index in [1.165, 1.54) is 39.8 Å². The Morgan fingerprint density at radius 1 is 0.793 bits per heavy atom. The minimum absolute atomic E-state index is 0.0326. The highest BCUT2D eigenvalue weighted by Crippen LogP contribution is 2.36. The van der Waals surface area contributed by atoms with Crippen molar-refractivity contribution >= 4 is 83.6 Å². The van der Waals surface area contributed by atoms with E-state index in [1.807, 2.05) is 129 Å². The van der Waals surface area contributed by atoms with Gasteiger partial charge in [0.2, 0.25) is 17.7 Å². The molecule has 5 aliphatic rings. The summed E-state index contributed by atoms with van der Waals surface area (Å²) in [6.07, 6.45) is 9.46. The standard InChI is InChI=1S/C68H83N13O8S3/c1-41(45-19-21-47(22-20-45)60-42(2)69-40-90-60)71-64(85)56-35-50(82)38-80(56)66(87)61(68(4,5)6)74-62(83)48-26-30-77(31-27-48)49-28-33-79(34-29-49)92(88,89)76-65(86)59-51(53-36-70-81(43(53)3)37-44-13-8-7-9-14-44)23-24-58(73-59)78-32-25-46-15-12-16-52(54(46)39-78)63(84)75-67-72-55-17-10-11-18-57(55)91-67/h10-12,15-24,36,40-41,44,48-50,56,61,82H,7-9,13-14,25-35,37-39H2,1-6H3,(H,71,85)(H,74,83)(H,76,86)(H,72,75,84)/t41-,50+,56-,61+/m0/s1. The summed E-state index contributed by atoms with van der Waals surface area (Å²) in [5.74, 6) is -1.61. The molecule has 8 heterocycles. The number of fused-ring (bicyclic) bond motifs is 2. The normalized spacial score (nSPS) is 19.8. The van der Waals surface area contributed by atoms with Crippen molar-refractivity contribution in [3.63, 3.8) is 0 Å². The SMILES string of the molecule is Cc1ncsc1-c1ccc([C@H](C)NC(=O)[C@@H]2C[C@@H](O)CN2C(=O)[C@@H](NC(=O)C2CCN(C3CCN(S(=O)(=O)NC(=O)c4nc(N5CCc6cccc(C(=O)Nc7nc8ccccc8s7)c6C5)ccc4-c4cnn(CC5CCCCC5)c4C)CC3)CC2)C(C)(C)C)cc1. The quantitative estimate of drug-likeness (QED) is 0.0570. The van der Waals surface area contributed by atoms with Gasteiger partial charge in [0.05, 0.1) is 44.6 Å². The summed E-state index contributed by atoms with van der Waals surface area (Å²) in [6, 6.07) is 22.8. The second-order valence-electron chi connectivity index (χ2n) is 26.7. The average molecular weight is 1310 g/mol. The number of rotatable bonds is 17. The zero-order chi connectivity index (χ0) is 64.6. The van der Waals surface area contributed by atoms with Crippen molar-refractivity contribution in [2.24, 2.45) is 17.3 Å². The van der Waals surface area contributed by atoms with Crippen molar-refractivity contribution in [3.8, 4) is 21.6 Å². The van der Waals surface area contributed by atoms with Crippen LogP contribution in [-0.4, -0.2) is 145 Å². The number of pyridine rings is 1. The van der Waals surface area contributed by atoms with Crippen molar-refractivity contribution in [2.45, 2.75) is 156 Å². The van der Waals surface area contributed by atoms with Crippen LogP contribution in [0.3, 0.4) is 0 Å². The molecule has 3 aromatic carbocycles. The van der Waals surface area contributed by atoms with Crippen LogP contribution in [-0.2, 0) is 44.1 Å². The third-order valence-electron chi connectivity index (χ3n) is 19.4. The number of β-amino-alcohol motifs (C(OH)–C–C–N with tert-alkyl or cyclic N) is 1. The number of carbonyl (C=O) groups excluding carboxylic acids is 5. The fraction of sp³-hybridized carbons (Fsp3) is 0.485. The maximum absolute atomic E-state index is 14.8. The molecule has 4 fully saturated rings. The smallest absolute Gasteiger partial charge is 0.304 e. The molecule has 1 saturated carbocycles. The number of amides is 5. The van der Waals surface area contributed by atoms with Gasteiger partial charge in [-0.25, -0.2) is 19.7 Å². The molecule has 24 heteroatoms. The van der Waals surface area contributed by atoms with E-state index in [9.17, 15) is 37.5 Å². The molecule has 0 bridgehead atoms. The molecule has 4 aliphatic heterocycles. The Hall–Kier alpha value is -7.48.